The van der Waals surface area contributed by atoms with Gasteiger partial charge in [0.05, 0.1) is 6.54 Å². The first-order chi connectivity index (χ1) is 10.7. The molecule has 0 fully saturated rings. The zero-order valence-corrected chi connectivity index (χ0v) is 15.2. The fourth-order valence-electron chi connectivity index (χ4n) is 2.03. The maximum atomic E-state index is 5.36. The van der Waals surface area contributed by atoms with Gasteiger partial charge in [0.1, 0.15) is 0 Å². The van der Waals surface area contributed by atoms with E-state index in [1.165, 1.54) is 0 Å². The fourth-order valence-corrected chi connectivity index (χ4v) is 2.03. The number of aliphatic imine (C=N–C) groups is 1. The van der Waals surface area contributed by atoms with E-state index in [1.54, 1.807) is 14.0 Å². The Bertz CT molecular complexity index is 689. The van der Waals surface area contributed by atoms with Crippen molar-refractivity contribution < 1.29 is 14.0 Å². The summed E-state index contributed by atoms with van der Waals surface area (Å²) in [5.41, 5.74) is 1.07. The van der Waals surface area contributed by atoms with Crippen LogP contribution in [0.3, 0.4) is 0 Å². The minimum Gasteiger partial charge on any atom is -0.454 e. The Balaban J connectivity index is 0.00000192. The van der Waals surface area contributed by atoms with Crippen molar-refractivity contribution in [3.63, 3.8) is 0 Å². The van der Waals surface area contributed by atoms with Crippen molar-refractivity contribution >= 4 is 29.9 Å². The van der Waals surface area contributed by atoms with Crippen molar-refractivity contribution in [2.24, 2.45) is 4.99 Å². The lowest BCUT2D eigenvalue weighted by Crippen LogP contribution is -2.36. The molecule has 1 aromatic heterocycles. The van der Waals surface area contributed by atoms with E-state index >= 15 is 0 Å². The highest BCUT2D eigenvalue weighted by Crippen LogP contribution is 2.32. The van der Waals surface area contributed by atoms with E-state index in [-0.39, 0.29) is 30.8 Å². The molecule has 2 heterocycles. The molecule has 0 unspecified atom stereocenters. The van der Waals surface area contributed by atoms with Gasteiger partial charge in [0.25, 0.3) is 0 Å². The van der Waals surface area contributed by atoms with Crippen LogP contribution >= 0.6 is 24.0 Å². The zero-order valence-electron chi connectivity index (χ0n) is 12.8. The van der Waals surface area contributed by atoms with E-state index < -0.39 is 0 Å². The Kier molecular flexibility index (Phi) is 6.02. The summed E-state index contributed by atoms with van der Waals surface area (Å²) >= 11 is 0. The molecule has 124 valence electrons. The molecule has 2 N–H and O–H groups in total. The summed E-state index contributed by atoms with van der Waals surface area (Å²) in [7, 11) is 1.70. The first kappa shape index (κ1) is 17.3. The van der Waals surface area contributed by atoms with Gasteiger partial charge >= 0.3 is 0 Å². The lowest BCUT2D eigenvalue weighted by Gasteiger charge is -2.10. The third-order valence-electron chi connectivity index (χ3n) is 3.10. The van der Waals surface area contributed by atoms with Gasteiger partial charge < -0.3 is 24.6 Å². The number of aromatic nitrogens is 2. The van der Waals surface area contributed by atoms with Gasteiger partial charge in [-0.15, -0.1) is 24.0 Å². The number of ether oxygens (including phenoxy) is 2. The molecule has 3 rings (SSSR count). The van der Waals surface area contributed by atoms with E-state index in [4.69, 9.17) is 14.0 Å². The van der Waals surface area contributed by atoms with Crippen molar-refractivity contribution in [3.05, 3.63) is 35.5 Å². The summed E-state index contributed by atoms with van der Waals surface area (Å²) in [6, 6.07) is 5.83. The molecule has 0 aliphatic carbocycles. The summed E-state index contributed by atoms with van der Waals surface area (Å²) < 4.78 is 15.6. The fraction of sp³-hybridized carbons (Fsp3) is 0.357. The summed E-state index contributed by atoms with van der Waals surface area (Å²) in [5.74, 6) is 3.33. The quantitative estimate of drug-likeness (QED) is 0.432. The highest BCUT2D eigenvalue weighted by Gasteiger charge is 2.13. The largest absolute Gasteiger partial charge is 0.454 e. The number of hydrogen-bond acceptors (Lipinski definition) is 6. The van der Waals surface area contributed by atoms with Gasteiger partial charge in [0.15, 0.2) is 23.3 Å². The number of fused-ring (bicyclic) bond motifs is 1. The molecule has 0 atom stereocenters. The summed E-state index contributed by atoms with van der Waals surface area (Å²) in [6.07, 6.45) is 0. The first-order valence-corrected chi connectivity index (χ1v) is 6.87. The maximum Gasteiger partial charge on any atom is 0.231 e. The molecule has 0 radical (unpaired) electrons. The molecule has 1 aliphatic heterocycles. The number of hydrogen-bond donors (Lipinski definition) is 2. The van der Waals surface area contributed by atoms with Crippen LogP contribution in [0.25, 0.3) is 0 Å². The van der Waals surface area contributed by atoms with Gasteiger partial charge in [-0.05, 0) is 17.7 Å². The van der Waals surface area contributed by atoms with Gasteiger partial charge in [-0.3, -0.25) is 4.99 Å². The number of nitrogens with one attached hydrogen (secondary N) is 2. The smallest absolute Gasteiger partial charge is 0.231 e. The van der Waals surface area contributed by atoms with E-state index in [0.29, 0.717) is 30.8 Å². The Morgan fingerprint density at radius 1 is 1.22 bits per heavy atom. The second kappa shape index (κ2) is 7.99. The molecule has 0 bridgehead atoms. The molecule has 0 spiro atoms. The number of guanidine groups is 1. The van der Waals surface area contributed by atoms with Crippen molar-refractivity contribution in [3.8, 4) is 11.5 Å². The topological polar surface area (TPSA) is 93.8 Å². The van der Waals surface area contributed by atoms with E-state index in [0.717, 1.165) is 17.1 Å². The molecule has 23 heavy (non-hydrogen) atoms. The third-order valence-corrected chi connectivity index (χ3v) is 3.10. The Morgan fingerprint density at radius 3 is 2.74 bits per heavy atom. The summed E-state index contributed by atoms with van der Waals surface area (Å²) in [6.45, 7) is 3.09. The number of benzene rings is 1. The summed E-state index contributed by atoms with van der Waals surface area (Å²) in [5, 5.41) is 10.1. The average molecular weight is 431 g/mol. The SMILES string of the molecule is CN=C(NCc1ccc2c(c1)OCO2)NCc1noc(C)n1.I. The van der Waals surface area contributed by atoms with Crippen LogP contribution < -0.4 is 20.1 Å². The van der Waals surface area contributed by atoms with Crippen molar-refractivity contribution in [2.45, 2.75) is 20.0 Å². The van der Waals surface area contributed by atoms with E-state index in [1.807, 2.05) is 18.2 Å². The first-order valence-electron chi connectivity index (χ1n) is 6.87. The molecular weight excluding hydrogens is 413 g/mol. The zero-order chi connectivity index (χ0) is 15.4. The van der Waals surface area contributed by atoms with Crippen LogP contribution in [0.2, 0.25) is 0 Å². The highest BCUT2D eigenvalue weighted by molar-refractivity contribution is 14.0. The maximum absolute atomic E-state index is 5.36. The molecule has 2 aromatic rings. The minimum absolute atomic E-state index is 0. The average Bonchev–Trinajstić information content (AvgIpc) is 3.15. The van der Waals surface area contributed by atoms with Crippen LogP contribution in [-0.2, 0) is 13.1 Å². The Labute approximate surface area is 150 Å². The lowest BCUT2D eigenvalue weighted by atomic mass is 10.2. The van der Waals surface area contributed by atoms with Crippen molar-refractivity contribution in [2.75, 3.05) is 13.8 Å². The predicted octanol–water partition coefficient (Wildman–Crippen LogP) is 1.59. The molecule has 0 saturated carbocycles. The number of halogens is 1. The Morgan fingerprint density at radius 2 is 2.00 bits per heavy atom. The normalized spacial score (nSPS) is 12.7. The van der Waals surface area contributed by atoms with Gasteiger partial charge in [-0.2, -0.15) is 4.98 Å². The molecule has 1 aromatic carbocycles. The number of nitrogens with zero attached hydrogens (tertiary/aromatic N) is 3. The Hall–Kier alpha value is -2.04. The molecule has 0 saturated heterocycles. The number of rotatable bonds is 4. The van der Waals surface area contributed by atoms with Gasteiger partial charge in [-0.1, -0.05) is 11.2 Å². The van der Waals surface area contributed by atoms with Crippen molar-refractivity contribution in [1.29, 1.82) is 0 Å². The van der Waals surface area contributed by atoms with Crippen LogP contribution in [0.5, 0.6) is 11.5 Å². The van der Waals surface area contributed by atoms with Crippen LogP contribution in [0.15, 0.2) is 27.7 Å². The molecule has 0 amide bonds. The molecule has 9 heteroatoms. The van der Waals surface area contributed by atoms with E-state index in [9.17, 15) is 0 Å². The van der Waals surface area contributed by atoms with Gasteiger partial charge in [-0.25, -0.2) is 0 Å². The second-order valence-corrected chi connectivity index (χ2v) is 4.70. The molecular formula is C14H18IN5O3. The predicted molar refractivity (Wildman–Crippen MR) is 94.1 cm³/mol. The highest BCUT2D eigenvalue weighted by atomic mass is 127. The second-order valence-electron chi connectivity index (χ2n) is 4.70. The van der Waals surface area contributed by atoms with E-state index in [2.05, 4.69) is 25.8 Å². The van der Waals surface area contributed by atoms with Crippen LogP contribution in [0, 0.1) is 6.92 Å². The van der Waals surface area contributed by atoms with Crippen LogP contribution in [-0.4, -0.2) is 29.9 Å². The standard InChI is InChI=1S/C14H17N5O3.HI/c1-9-18-13(19-22-9)7-17-14(15-2)16-6-10-3-4-11-12(5-10)21-8-20-11;/h3-5H,6-8H2,1-2H3,(H2,15,16,17);1H. The van der Waals surface area contributed by atoms with Crippen molar-refractivity contribution in [1.82, 2.24) is 20.8 Å². The molecule has 8 nitrogen and oxygen atoms in total. The molecule has 1 aliphatic rings. The minimum atomic E-state index is 0. The van der Waals surface area contributed by atoms with Crippen LogP contribution in [0.1, 0.15) is 17.3 Å². The summed E-state index contributed by atoms with van der Waals surface area (Å²) in [4.78, 5) is 8.27. The van der Waals surface area contributed by atoms with Gasteiger partial charge in [0.2, 0.25) is 12.7 Å². The monoisotopic (exact) mass is 431 g/mol. The lowest BCUT2D eigenvalue weighted by molar-refractivity contribution is 0.174. The van der Waals surface area contributed by atoms with Gasteiger partial charge in [0, 0.05) is 20.5 Å². The third kappa shape index (κ3) is 4.47. The van der Waals surface area contributed by atoms with Crippen LogP contribution in [0.4, 0.5) is 0 Å². The number of aryl methyl sites for hydroxylation is 1.